The van der Waals surface area contributed by atoms with E-state index in [1.165, 1.54) is 18.2 Å². The normalized spacial score (nSPS) is 10.7. The maximum atomic E-state index is 13.2. The van der Waals surface area contributed by atoms with Crippen LogP contribution < -0.4 is 4.74 Å². The molecule has 3 nitrogen and oxygen atoms in total. The summed E-state index contributed by atoms with van der Waals surface area (Å²) < 4.78 is 18.7. The fraction of sp³-hybridized carbons (Fsp3) is 0.214. The zero-order valence-electron chi connectivity index (χ0n) is 10.2. The Kier molecular flexibility index (Phi) is 3.46. The van der Waals surface area contributed by atoms with E-state index in [0.717, 1.165) is 0 Å². The number of aromatic nitrogens is 1. The summed E-state index contributed by atoms with van der Waals surface area (Å²) in [5.41, 5.74) is 1.02. The highest BCUT2D eigenvalue weighted by molar-refractivity contribution is 5.70. The summed E-state index contributed by atoms with van der Waals surface area (Å²) in [7, 11) is 0. The van der Waals surface area contributed by atoms with Crippen molar-refractivity contribution in [1.82, 2.24) is 4.98 Å². The Hall–Kier alpha value is -2.10. The van der Waals surface area contributed by atoms with Crippen LogP contribution in [0.15, 0.2) is 36.7 Å². The van der Waals surface area contributed by atoms with Gasteiger partial charge in [-0.05, 0) is 38.1 Å². The highest BCUT2D eigenvalue weighted by Crippen LogP contribution is 2.31. The van der Waals surface area contributed by atoms with Crippen molar-refractivity contribution in [3.05, 3.63) is 42.5 Å². The predicted octanol–water partition coefficient (Wildman–Crippen LogP) is 3.38. The van der Waals surface area contributed by atoms with Crippen LogP contribution in [0.5, 0.6) is 11.5 Å². The number of phenolic OH excluding ortho intramolecular Hbond substituents is 1. The van der Waals surface area contributed by atoms with Crippen LogP contribution in [0.4, 0.5) is 4.39 Å². The maximum absolute atomic E-state index is 13.2. The minimum atomic E-state index is -0.405. The Balaban J connectivity index is 2.41. The first-order valence-corrected chi connectivity index (χ1v) is 5.67. The zero-order valence-corrected chi connectivity index (χ0v) is 10.2. The molecule has 2 aromatic rings. The van der Waals surface area contributed by atoms with Gasteiger partial charge in [0.1, 0.15) is 17.3 Å². The van der Waals surface area contributed by atoms with Gasteiger partial charge in [-0.2, -0.15) is 0 Å². The maximum Gasteiger partial charge on any atom is 0.138 e. The van der Waals surface area contributed by atoms with Gasteiger partial charge in [0.2, 0.25) is 0 Å². The molecule has 0 saturated heterocycles. The second-order valence-electron chi connectivity index (χ2n) is 4.24. The Bertz CT molecular complexity index is 555. The lowest BCUT2D eigenvalue weighted by molar-refractivity contribution is 0.241. The molecule has 0 radical (unpaired) electrons. The van der Waals surface area contributed by atoms with Gasteiger partial charge in [0.25, 0.3) is 0 Å². The zero-order chi connectivity index (χ0) is 13.1. The SMILES string of the molecule is CC(C)Oc1cncc(-c2cc(F)ccc2O)c1. The molecule has 1 aromatic heterocycles. The van der Waals surface area contributed by atoms with Gasteiger partial charge >= 0.3 is 0 Å². The fourth-order valence-corrected chi connectivity index (χ4v) is 1.64. The molecule has 1 aromatic carbocycles. The molecule has 0 saturated carbocycles. The van der Waals surface area contributed by atoms with Crippen LogP contribution in [-0.4, -0.2) is 16.2 Å². The molecule has 0 aliphatic heterocycles. The number of hydrogen-bond acceptors (Lipinski definition) is 3. The molecule has 1 heterocycles. The minimum Gasteiger partial charge on any atom is -0.507 e. The Morgan fingerprint density at radius 3 is 2.72 bits per heavy atom. The highest BCUT2D eigenvalue weighted by atomic mass is 19.1. The fourth-order valence-electron chi connectivity index (χ4n) is 1.64. The second kappa shape index (κ2) is 5.04. The standard InChI is InChI=1S/C14H14FNO2/c1-9(2)18-12-5-10(7-16-8-12)13-6-11(15)3-4-14(13)17/h3-9,17H,1-2H3. The molecule has 0 aliphatic carbocycles. The predicted molar refractivity (Wildman–Crippen MR) is 67.1 cm³/mol. The molecule has 0 bridgehead atoms. The highest BCUT2D eigenvalue weighted by Gasteiger charge is 2.08. The van der Waals surface area contributed by atoms with Crippen LogP contribution in [-0.2, 0) is 0 Å². The van der Waals surface area contributed by atoms with E-state index in [4.69, 9.17) is 4.74 Å². The van der Waals surface area contributed by atoms with E-state index in [2.05, 4.69) is 4.98 Å². The summed E-state index contributed by atoms with van der Waals surface area (Å²) in [5.74, 6) is 0.198. The number of rotatable bonds is 3. The Labute approximate surface area is 105 Å². The van der Waals surface area contributed by atoms with Gasteiger partial charge in [-0.3, -0.25) is 4.98 Å². The summed E-state index contributed by atoms with van der Waals surface area (Å²) in [6, 6.07) is 5.52. The van der Waals surface area contributed by atoms with E-state index >= 15 is 0 Å². The van der Waals surface area contributed by atoms with Crippen molar-refractivity contribution in [1.29, 1.82) is 0 Å². The van der Waals surface area contributed by atoms with Crippen molar-refractivity contribution in [2.24, 2.45) is 0 Å². The van der Waals surface area contributed by atoms with Crippen LogP contribution in [0, 0.1) is 5.82 Å². The monoisotopic (exact) mass is 247 g/mol. The molecule has 0 spiro atoms. The number of aromatic hydroxyl groups is 1. The van der Waals surface area contributed by atoms with Crippen molar-refractivity contribution < 1.29 is 14.2 Å². The van der Waals surface area contributed by atoms with Gasteiger partial charge in [0.15, 0.2) is 0 Å². The van der Waals surface area contributed by atoms with Gasteiger partial charge in [0.05, 0.1) is 12.3 Å². The lowest BCUT2D eigenvalue weighted by Gasteiger charge is -2.11. The number of phenols is 1. The Morgan fingerprint density at radius 2 is 2.00 bits per heavy atom. The largest absolute Gasteiger partial charge is 0.507 e. The molecule has 94 valence electrons. The van der Waals surface area contributed by atoms with Crippen molar-refractivity contribution in [2.75, 3.05) is 0 Å². The molecule has 0 amide bonds. The summed E-state index contributed by atoms with van der Waals surface area (Å²) in [6.07, 6.45) is 3.17. The molecule has 0 fully saturated rings. The molecule has 2 rings (SSSR count). The number of benzene rings is 1. The molecule has 0 aliphatic rings. The van der Waals surface area contributed by atoms with Crippen LogP contribution in [0.1, 0.15) is 13.8 Å². The molecular formula is C14H14FNO2. The summed E-state index contributed by atoms with van der Waals surface area (Å²) in [5, 5.41) is 9.73. The molecule has 1 N–H and O–H groups in total. The van der Waals surface area contributed by atoms with Crippen LogP contribution in [0.3, 0.4) is 0 Å². The van der Waals surface area contributed by atoms with E-state index < -0.39 is 5.82 Å². The first-order chi connectivity index (χ1) is 8.56. The van der Waals surface area contributed by atoms with Crippen LogP contribution in [0.25, 0.3) is 11.1 Å². The third kappa shape index (κ3) is 2.77. The third-order valence-electron chi connectivity index (χ3n) is 2.35. The number of nitrogens with zero attached hydrogens (tertiary/aromatic N) is 1. The molecular weight excluding hydrogens is 233 g/mol. The molecule has 0 atom stereocenters. The third-order valence-corrected chi connectivity index (χ3v) is 2.35. The van der Waals surface area contributed by atoms with E-state index in [-0.39, 0.29) is 11.9 Å². The lowest BCUT2D eigenvalue weighted by Crippen LogP contribution is -2.05. The summed E-state index contributed by atoms with van der Waals surface area (Å²) >= 11 is 0. The first kappa shape index (κ1) is 12.4. The topological polar surface area (TPSA) is 42.4 Å². The van der Waals surface area contributed by atoms with Gasteiger partial charge in [-0.15, -0.1) is 0 Å². The smallest absolute Gasteiger partial charge is 0.138 e. The summed E-state index contributed by atoms with van der Waals surface area (Å²) in [4.78, 5) is 4.03. The average molecular weight is 247 g/mol. The van der Waals surface area contributed by atoms with E-state index in [1.807, 2.05) is 13.8 Å². The van der Waals surface area contributed by atoms with Crippen LogP contribution >= 0.6 is 0 Å². The minimum absolute atomic E-state index is 0.0138. The van der Waals surface area contributed by atoms with Gasteiger partial charge in [-0.1, -0.05) is 0 Å². The summed E-state index contributed by atoms with van der Waals surface area (Å²) in [6.45, 7) is 3.82. The second-order valence-corrected chi connectivity index (χ2v) is 4.24. The van der Waals surface area contributed by atoms with Gasteiger partial charge in [0, 0.05) is 17.3 Å². The van der Waals surface area contributed by atoms with Crippen molar-refractivity contribution in [3.8, 4) is 22.6 Å². The lowest BCUT2D eigenvalue weighted by atomic mass is 10.1. The van der Waals surface area contributed by atoms with Gasteiger partial charge < -0.3 is 9.84 Å². The number of halogens is 1. The molecule has 4 heteroatoms. The van der Waals surface area contributed by atoms with Crippen molar-refractivity contribution >= 4 is 0 Å². The quantitative estimate of drug-likeness (QED) is 0.904. The van der Waals surface area contributed by atoms with E-state index in [9.17, 15) is 9.50 Å². The van der Waals surface area contributed by atoms with E-state index in [0.29, 0.717) is 16.9 Å². The average Bonchev–Trinajstić information content (AvgIpc) is 2.32. The van der Waals surface area contributed by atoms with E-state index in [1.54, 1.807) is 18.5 Å². The number of ether oxygens (including phenoxy) is 1. The van der Waals surface area contributed by atoms with Crippen LogP contribution in [0.2, 0.25) is 0 Å². The first-order valence-electron chi connectivity index (χ1n) is 5.67. The molecule has 18 heavy (non-hydrogen) atoms. The van der Waals surface area contributed by atoms with Gasteiger partial charge in [-0.25, -0.2) is 4.39 Å². The number of pyridine rings is 1. The van der Waals surface area contributed by atoms with Crippen molar-refractivity contribution in [2.45, 2.75) is 20.0 Å². The Morgan fingerprint density at radius 1 is 1.22 bits per heavy atom. The van der Waals surface area contributed by atoms with Crippen molar-refractivity contribution in [3.63, 3.8) is 0 Å². The molecule has 0 unspecified atom stereocenters. The number of hydrogen-bond donors (Lipinski definition) is 1.